The zero-order valence-corrected chi connectivity index (χ0v) is 11.4. The number of nitrogens with two attached hydrogens (primary N) is 1. The maximum Gasteiger partial charge on any atom is 0.326 e. The third kappa shape index (κ3) is 4.27. The van der Waals surface area contributed by atoms with E-state index in [9.17, 15) is 9.59 Å². The van der Waals surface area contributed by atoms with Crippen LogP contribution in [-0.4, -0.2) is 43.3 Å². The number of carboxylic acids is 1. The highest BCUT2D eigenvalue weighted by Gasteiger charge is 2.35. The first kappa shape index (κ1) is 16.9. The summed E-state index contributed by atoms with van der Waals surface area (Å²) in [5, 5.41) is 11.6. The summed E-state index contributed by atoms with van der Waals surface area (Å²) < 4.78 is 4.83. The van der Waals surface area contributed by atoms with E-state index in [2.05, 4.69) is 5.32 Å². The molecule has 6 nitrogen and oxygen atoms in total. The van der Waals surface area contributed by atoms with Crippen molar-refractivity contribution in [3.8, 4) is 0 Å². The van der Waals surface area contributed by atoms with Gasteiger partial charge in [0.15, 0.2) is 0 Å². The molecule has 0 aliphatic heterocycles. The van der Waals surface area contributed by atoms with Gasteiger partial charge in [-0.1, -0.05) is 13.8 Å². The Hall–Kier alpha value is -1.14. The minimum absolute atomic E-state index is 0.211. The molecule has 0 heterocycles. The van der Waals surface area contributed by atoms with Crippen LogP contribution in [0, 0.1) is 5.41 Å². The summed E-state index contributed by atoms with van der Waals surface area (Å²) in [7, 11) is 1.49. The molecular weight excluding hydrogens is 236 g/mol. The van der Waals surface area contributed by atoms with Crippen LogP contribution >= 0.6 is 0 Å². The molecule has 18 heavy (non-hydrogen) atoms. The minimum atomic E-state index is -1.06. The van der Waals surface area contributed by atoms with E-state index in [1.54, 1.807) is 0 Å². The van der Waals surface area contributed by atoms with Crippen molar-refractivity contribution in [1.29, 1.82) is 0 Å². The van der Waals surface area contributed by atoms with Crippen LogP contribution in [-0.2, 0) is 14.3 Å². The molecule has 0 fully saturated rings. The Morgan fingerprint density at radius 1 is 1.39 bits per heavy atom. The predicted molar refractivity (Wildman–Crippen MR) is 68.1 cm³/mol. The van der Waals surface area contributed by atoms with Gasteiger partial charge in [-0.05, 0) is 12.8 Å². The van der Waals surface area contributed by atoms with Gasteiger partial charge in [-0.25, -0.2) is 4.79 Å². The molecule has 0 radical (unpaired) electrons. The molecular formula is C12H24N2O4. The van der Waals surface area contributed by atoms with Gasteiger partial charge >= 0.3 is 5.97 Å². The lowest BCUT2D eigenvalue weighted by atomic mass is 9.81. The van der Waals surface area contributed by atoms with E-state index in [1.807, 2.05) is 13.8 Å². The van der Waals surface area contributed by atoms with E-state index in [1.165, 1.54) is 7.11 Å². The molecule has 106 valence electrons. The van der Waals surface area contributed by atoms with Crippen LogP contribution < -0.4 is 11.1 Å². The van der Waals surface area contributed by atoms with Gasteiger partial charge in [-0.2, -0.15) is 0 Å². The van der Waals surface area contributed by atoms with Gasteiger partial charge in [0, 0.05) is 26.7 Å². The Morgan fingerprint density at radius 3 is 2.28 bits per heavy atom. The molecule has 1 amide bonds. The molecule has 0 aliphatic rings. The highest BCUT2D eigenvalue weighted by molar-refractivity contribution is 5.87. The van der Waals surface area contributed by atoms with Crippen molar-refractivity contribution in [2.24, 2.45) is 11.1 Å². The summed E-state index contributed by atoms with van der Waals surface area (Å²) in [6.07, 6.45) is 1.41. The first-order chi connectivity index (χ1) is 8.47. The molecule has 0 bridgehead atoms. The monoisotopic (exact) mass is 260 g/mol. The Balaban J connectivity index is 4.71. The molecule has 0 rings (SSSR count). The van der Waals surface area contributed by atoms with E-state index in [0.717, 1.165) is 0 Å². The number of hydrogen-bond donors (Lipinski definition) is 3. The highest BCUT2D eigenvalue weighted by Crippen LogP contribution is 2.25. The number of carbonyl (C=O) groups is 2. The molecule has 0 aromatic rings. The zero-order chi connectivity index (χ0) is 14.2. The minimum Gasteiger partial charge on any atom is -0.480 e. The van der Waals surface area contributed by atoms with E-state index in [4.69, 9.17) is 15.6 Å². The fourth-order valence-corrected chi connectivity index (χ4v) is 1.76. The summed E-state index contributed by atoms with van der Waals surface area (Å²) in [6, 6.07) is -0.929. The normalized spacial score (nSPS) is 13.1. The van der Waals surface area contributed by atoms with Gasteiger partial charge in [-0.3, -0.25) is 4.79 Å². The van der Waals surface area contributed by atoms with E-state index in [0.29, 0.717) is 12.8 Å². The van der Waals surface area contributed by atoms with Gasteiger partial charge < -0.3 is 20.9 Å². The lowest BCUT2D eigenvalue weighted by molar-refractivity contribution is -0.144. The molecule has 1 atom stereocenters. The summed E-state index contributed by atoms with van der Waals surface area (Å²) in [5.41, 5.74) is 4.97. The number of aliphatic carboxylic acids is 1. The highest BCUT2D eigenvalue weighted by atomic mass is 16.5. The molecule has 0 aliphatic carbocycles. The van der Waals surface area contributed by atoms with Crippen molar-refractivity contribution in [3.63, 3.8) is 0 Å². The van der Waals surface area contributed by atoms with Crippen LogP contribution in [0.2, 0.25) is 0 Å². The number of hydrogen-bond acceptors (Lipinski definition) is 4. The standard InChI is InChI=1S/C12H24N2O4/c1-4-12(5-2,8-13)11(17)14-9(10(15)16)6-7-18-3/h9H,4-8,13H2,1-3H3,(H,14,17)(H,15,16). The average Bonchev–Trinajstić information content (AvgIpc) is 2.36. The van der Waals surface area contributed by atoms with Crippen molar-refractivity contribution in [2.45, 2.75) is 39.2 Å². The van der Waals surface area contributed by atoms with Crippen molar-refractivity contribution < 1.29 is 19.4 Å². The second-order valence-corrected chi connectivity index (χ2v) is 4.34. The third-order valence-corrected chi connectivity index (χ3v) is 3.44. The van der Waals surface area contributed by atoms with E-state index >= 15 is 0 Å². The first-order valence-electron chi connectivity index (χ1n) is 6.20. The van der Waals surface area contributed by atoms with Crippen LogP contribution in [0.15, 0.2) is 0 Å². The number of carboxylic acid groups (broad SMARTS) is 1. The van der Waals surface area contributed by atoms with Gasteiger partial charge in [-0.15, -0.1) is 0 Å². The Labute approximate surface area is 108 Å². The fourth-order valence-electron chi connectivity index (χ4n) is 1.76. The summed E-state index contributed by atoms with van der Waals surface area (Å²) >= 11 is 0. The number of carbonyl (C=O) groups excluding carboxylic acids is 1. The lowest BCUT2D eigenvalue weighted by Crippen LogP contribution is -2.51. The predicted octanol–water partition coefficient (Wildman–Crippen LogP) is 0.357. The van der Waals surface area contributed by atoms with Crippen LogP contribution in [0.4, 0.5) is 0 Å². The van der Waals surface area contributed by atoms with Crippen molar-refractivity contribution in [2.75, 3.05) is 20.3 Å². The number of ether oxygens (including phenoxy) is 1. The largest absolute Gasteiger partial charge is 0.480 e. The summed E-state index contributed by atoms with van der Waals surface area (Å²) in [6.45, 7) is 4.25. The molecule has 0 spiro atoms. The Morgan fingerprint density at radius 2 is 1.94 bits per heavy atom. The van der Waals surface area contributed by atoms with E-state index < -0.39 is 17.4 Å². The number of amides is 1. The summed E-state index contributed by atoms with van der Waals surface area (Å²) in [5.74, 6) is -1.35. The van der Waals surface area contributed by atoms with Crippen molar-refractivity contribution in [3.05, 3.63) is 0 Å². The number of rotatable bonds is 9. The van der Waals surface area contributed by atoms with Crippen LogP contribution in [0.5, 0.6) is 0 Å². The fraction of sp³-hybridized carbons (Fsp3) is 0.833. The van der Waals surface area contributed by atoms with Crippen LogP contribution in [0.3, 0.4) is 0 Å². The molecule has 0 aromatic carbocycles. The third-order valence-electron chi connectivity index (χ3n) is 3.44. The second kappa shape index (κ2) is 8.05. The number of nitrogens with one attached hydrogen (secondary N) is 1. The van der Waals surface area contributed by atoms with Gasteiger partial charge in [0.05, 0.1) is 5.41 Å². The Bertz CT molecular complexity index is 269. The molecule has 0 saturated heterocycles. The first-order valence-corrected chi connectivity index (χ1v) is 6.20. The van der Waals surface area contributed by atoms with Gasteiger partial charge in [0.1, 0.15) is 6.04 Å². The molecule has 1 unspecified atom stereocenters. The van der Waals surface area contributed by atoms with Gasteiger partial charge in [0.2, 0.25) is 5.91 Å². The molecule has 6 heteroatoms. The van der Waals surface area contributed by atoms with Gasteiger partial charge in [0.25, 0.3) is 0 Å². The molecule has 0 aromatic heterocycles. The van der Waals surface area contributed by atoms with Crippen LogP contribution in [0.1, 0.15) is 33.1 Å². The molecule has 4 N–H and O–H groups in total. The second-order valence-electron chi connectivity index (χ2n) is 4.34. The zero-order valence-electron chi connectivity index (χ0n) is 11.4. The average molecular weight is 260 g/mol. The van der Waals surface area contributed by atoms with Crippen molar-refractivity contribution >= 4 is 11.9 Å². The van der Waals surface area contributed by atoms with E-state index in [-0.39, 0.29) is 25.5 Å². The van der Waals surface area contributed by atoms with Crippen molar-refractivity contribution in [1.82, 2.24) is 5.32 Å². The molecule has 0 saturated carbocycles. The quantitative estimate of drug-likeness (QED) is 0.555. The smallest absolute Gasteiger partial charge is 0.326 e. The van der Waals surface area contributed by atoms with Crippen LogP contribution in [0.25, 0.3) is 0 Å². The topological polar surface area (TPSA) is 102 Å². The number of methoxy groups -OCH3 is 1. The maximum atomic E-state index is 12.1. The lowest BCUT2D eigenvalue weighted by Gasteiger charge is -2.30. The Kier molecular flexibility index (Phi) is 7.54. The maximum absolute atomic E-state index is 12.1. The summed E-state index contributed by atoms with van der Waals surface area (Å²) in [4.78, 5) is 23.2. The SMILES string of the molecule is CCC(CC)(CN)C(=O)NC(CCOC)C(=O)O.